The van der Waals surface area contributed by atoms with Gasteiger partial charge in [0.25, 0.3) is 0 Å². The van der Waals surface area contributed by atoms with Crippen LogP contribution in [-0.4, -0.2) is 50.1 Å². The fourth-order valence-corrected chi connectivity index (χ4v) is 5.01. The van der Waals surface area contributed by atoms with E-state index in [0.29, 0.717) is 38.9 Å². The Morgan fingerprint density at radius 3 is 2.43 bits per heavy atom. The molecule has 2 rings (SSSR count). The van der Waals surface area contributed by atoms with Crippen LogP contribution in [0.15, 0.2) is 24.3 Å². The lowest BCUT2D eigenvalue weighted by Gasteiger charge is -2.30. The van der Waals surface area contributed by atoms with Gasteiger partial charge in [-0.05, 0) is 57.2 Å². The van der Waals surface area contributed by atoms with Crippen LogP contribution >= 0.6 is 0 Å². The van der Waals surface area contributed by atoms with Gasteiger partial charge in [-0.3, -0.25) is 4.79 Å². The smallest absolute Gasteiger partial charge is 0.223 e. The van der Waals surface area contributed by atoms with Crippen molar-refractivity contribution in [3.05, 3.63) is 29.8 Å². The van der Waals surface area contributed by atoms with Gasteiger partial charge in [0.05, 0.1) is 11.9 Å². The molecule has 0 bridgehead atoms. The first-order chi connectivity index (χ1) is 13.3. The fourth-order valence-electron chi connectivity index (χ4n) is 3.33. The van der Waals surface area contributed by atoms with Crippen LogP contribution in [0.1, 0.15) is 52.0 Å². The average molecular weight is 411 g/mol. The van der Waals surface area contributed by atoms with E-state index in [-0.39, 0.29) is 23.7 Å². The van der Waals surface area contributed by atoms with Crippen LogP contribution in [-0.2, 0) is 21.2 Å². The Bertz CT molecular complexity index is 708. The number of carbonyl (C=O) groups is 1. The lowest BCUT2D eigenvalue weighted by Crippen LogP contribution is -2.44. The Kier molecular flexibility index (Phi) is 8.76. The summed E-state index contributed by atoms with van der Waals surface area (Å²) >= 11 is 0. The summed E-state index contributed by atoms with van der Waals surface area (Å²) in [6.07, 6.45) is 3.66. The number of hydrogen-bond acceptors (Lipinski definition) is 4. The van der Waals surface area contributed by atoms with E-state index in [1.54, 1.807) is 4.31 Å². The van der Waals surface area contributed by atoms with E-state index in [1.165, 1.54) is 0 Å². The molecular weight excluding hydrogens is 376 g/mol. The highest BCUT2D eigenvalue weighted by atomic mass is 32.2. The molecule has 0 aromatic heterocycles. The third-order valence-corrected chi connectivity index (χ3v) is 6.94. The van der Waals surface area contributed by atoms with Crippen molar-refractivity contribution in [2.75, 3.05) is 25.4 Å². The van der Waals surface area contributed by atoms with Gasteiger partial charge < -0.3 is 10.1 Å². The van der Waals surface area contributed by atoms with Gasteiger partial charge in [-0.25, -0.2) is 12.7 Å². The van der Waals surface area contributed by atoms with E-state index in [0.717, 1.165) is 24.2 Å². The number of hydrogen-bond donors (Lipinski definition) is 1. The van der Waals surface area contributed by atoms with Crippen molar-refractivity contribution >= 4 is 15.9 Å². The lowest BCUT2D eigenvalue weighted by molar-refractivity contribution is -0.126. The number of piperidine rings is 1. The molecule has 1 aliphatic rings. The fraction of sp³-hybridized carbons (Fsp3) is 0.667. The molecule has 1 aliphatic heterocycles. The van der Waals surface area contributed by atoms with E-state index >= 15 is 0 Å². The van der Waals surface area contributed by atoms with Gasteiger partial charge in [0.15, 0.2) is 0 Å². The minimum Gasteiger partial charge on any atom is -0.491 e. The predicted molar refractivity (Wildman–Crippen MR) is 112 cm³/mol. The van der Waals surface area contributed by atoms with Crippen molar-refractivity contribution in [3.8, 4) is 5.75 Å². The van der Waals surface area contributed by atoms with Crippen LogP contribution in [0, 0.1) is 5.92 Å². The molecule has 0 saturated carbocycles. The van der Waals surface area contributed by atoms with Gasteiger partial charge in [-0.15, -0.1) is 0 Å². The van der Waals surface area contributed by atoms with Crippen LogP contribution in [0.25, 0.3) is 0 Å². The minimum absolute atomic E-state index is 0.0327. The Morgan fingerprint density at radius 1 is 1.21 bits per heavy atom. The van der Waals surface area contributed by atoms with Gasteiger partial charge in [-0.1, -0.05) is 25.5 Å². The van der Waals surface area contributed by atoms with Crippen molar-refractivity contribution < 1.29 is 17.9 Å². The van der Waals surface area contributed by atoms with Gasteiger partial charge >= 0.3 is 0 Å². The van der Waals surface area contributed by atoms with Crippen molar-refractivity contribution in [2.45, 2.75) is 59.0 Å². The number of nitrogens with one attached hydrogen (secondary N) is 1. The van der Waals surface area contributed by atoms with Crippen molar-refractivity contribution in [1.82, 2.24) is 9.62 Å². The largest absolute Gasteiger partial charge is 0.491 e. The highest BCUT2D eigenvalue weighted by Crippen LogP contribution is 2.20. The molecule has 1 N–H and O–H groups in total. The molecular formula is C21H34N2O4S. The molecule has 0 unspecified atom stereocenters. The van der Waals surface area contributed by atoms with E-state index in [1.807, 2.05) is 45.0 Å². The lowest BCUT2D eigenvalue weighted by atomic mass is 9.97. The predicted octanol–water partition coefficient (Wildman–Crippen LogP) is 2.97. The Hall–Kier alpha value is -1.60. The van der Waals surface area contributed by atoms with Gasteiger partial charge in [0, 0.05) is 25.6 Å². The molecule has 1 fully saturated rings. The van der Waals surface area contributed by atoms with Gasteiger partial charge in [0.2, 0.25) is 15.9 Å². The number of nitrogens with zero attached hydrogens (tertiary/aromatic N) is 1. The maximum atomic E-state index is 12.4. The summed E-state index contributed by atoms with van der Waals surface area (Å²) in [4.78, 5) is 12.4. The second-order valence-corrected chi connectivity index (χ2v) is 9.78. The Labute approximate surface area is 169 Å². The number of sulfonamides is 1. The molecule has 0 spiro atoms. The van der Waals surface area contributed by atoms with E-state index in [4.69, 9.17) is 4.74 Å². The first kappa shape index (κ1) is 22.7. The summed E-state index contributed by atoms with van der Waals surface area (Å²) in [5.41, 5.74) is 1.15. The molecule has 0 radical (unpaired) electrons. The van der Waals surface area contributed by atoms with Gasteiger partial charge in [0.1, 0.15) is 5.75 Å². The molecule has 1 aromatic rings. The number of ether oxygens (including phenoxy) is 1. The summed E-state index contributed by atoms with van der Waals surface area (Å²) in [7, 11) is -3.17. The van der Waals surface area contributed by atoms with E-state index in [9.17, 15) is 13.2 Å². The number of benzene rings is 1. The third-order valence-electron chi connectivity index (χ3n) is 4.98. The number of amides is 1. The highest BCUT2D eigenvalue weighted by molar-refractivity contribution is 7.89. The molecule has 0 aliphatic carbocycles. The third kappa shape index (κ3) is 7.09. The van der Waals surface area contributed by atoms with E-state index < -0.39 is 10.0 Å². The molecule has 158 valence electrons. The molecule has 7 heteroatoms. The maximum Gasteiger partial charge on any atom is 0.223 e. The zero-order valence-electron chi connectivity index (χ0n) is 17.3. The molecule has 1 saturated heterocycles. The highest BCUT2D eigenvalue weighted by Gasteiger charge is 2.30. The molecule has 0 atom stereocenters. The van der Waals surface area contributed by atoms with Crippen LogP contribution in [0.3, 0.4) is 0 Å². The standard InChI is InChI=1S/C21H34N2O4S/c1-4-5-16-28(25,26)23-14-11-19(12-15-23)21(24)22-13-10-18-6-8-20(9-7-18)27-17(2)3/h6-9,17,19H,4-5,10-16H2,1-3H3,(H,22,24). The molecule has 1 heterocycles. The monoisotopic (exact) mass is 410 g/mol. The topological polar surface area (TPSA) is 75.7 Å². The number of rotatable bonds is 10. The second kappa shape index (κ2) is 10.8. The summed E-state index contributed by atoms with van der Waals surface area (Å²) in [6, 6.07) is 7.94. The summed E-state index contributed by atoms with van der Waals surface area (Å²) in [6.45, 7) is 7.45. The quantitative estimate of drug-likeness (QED) is 0.643. The Balaban J connectivity index is 1.71. The summed E-state index contributed by atoms with van der Waals surface area (Å²) < 4.78 is 31.7. The van der Waals surface area contributed by atoms with Crippen LogP contribution in [0.5, 0.6) is 5.75 Å². The SMILES string of the molecule is CCCCS(=O)(=O)N1CCC(C(=O)NCCc2ccc(OC(C)C)cc2)CC1. The number of carbonyl (C=O) groups excluding carboxylic acids is 1. The van der Waals surface area contributed by atoms with Crippen LogP contribution < -0.4 is 10.1 Å². The maximum absolute atomic E-state index is 12.4. The first-order valence-corrected chi connectivity index (χ1v) is 11.9. The van der Waals surface area contributed by atoms with Crippen molar-refractivity contribution in [2.24, 2.45) is 5.92 Å². The second-order valence-electron chi connectivity index (χ2n) is 7.69. The minimum atomic E-state index is -3.17. The molecule has 28 heavy (non-hydrogen) atoms. The van der Waals surface area contributed by atoms with Crippen LogP contribution in [0.4, 0.5) is 0 Å². The van der Waals surface area contributed by atoms with E-state index in [2.05, 4.69) is 5.32 Å². The molecule has 1 aromatic carbocycles. The van der Waals surface area contributed by atoms with Crippen molar-refractivity contribution in [3.63, 3.8) is 0 Å². The zero-order valence-corrected chi connectivity index (χ0v) is 18.1. The average Bonchev–Trinajstić information content (AvgIpc) is 2.67. The zero-order chi connectivity index (χ0) is 20.6. The number of unbranched alkanes of at least 4 members (excludes halogenated alkanes) is 1. The summed E-state index contributed by atoms with van der Waals surface area (Å²) in [5, 5.41) is 3.00. The normalized spacial score (nSPS) is 16.3. The van der Waals surface area contributed by atoms with Gasteiger partial charge in [-0.2, -0.15) is 0 Å². The molecule has 6 nitrogen and oxygen atoms in total. The van der Waals surface area contributed by atoms with Crippen LogP contribution in [0.2, 0.25) is 0 Å². The summed E-state index contributed by atoms with van der Waals surface area (Å²) in [5.74, 6) is 0.995. The Morgan fingerprint density at radius 2 is 1.86 bits per heavy atom. The van der Waals surface area contributed by atoms with Crippen molar-refractivity contribution in [1.29, 1.82) is 0 Å². The first-order valence-electron chi connectivity index (χ1n) is 10.3. The molecule has 1 amide bonds.